The number of hydrogen-bond donors (Lipinski definition) is 1. The van der Waals surface area contributed by atoms with Crippen LogP contribution in [0, 0.1) is 0 Å². The molecule has 5 heteroatoms. The van der Waals surface area contributed by atoms with E-state index >= 15 is 0 Å². The Kier molecular flexibility index (Phi) is 4.12. The van der Waals surface area contributed by atoms with Crippen molar-refractivity contribution in [2.75, 3.05) is 7.11 Å². The lowest BCUT2D eigenvalue weighted by atomic mass is 10.0. The van der Waals surface area contributed by atoms with Gasteiger partial charge < -0.3 is 4.74 Å². The normalized spacial score (nSPS) is 25.1. The molecule has 94 valence electrons. The second-order valence-corrected chi connectivity index (χ2v) is 6.91. The Morgan fingerprint density at radius 1 is 1.65 bits per heavy atom. The monoisotopic (exact) mass is 271 g/mol. The number of thioether (sulfide) groups is 1. The lowest BCUT2D eigenvalue weighted by Gasteiger charge is -2.29. The van der Waals surface area contributed by atoms with Gasteiger partial charge in [-0.3, -0.25) is 10.1 Å². The zero-order chi connectivity index (χ0) is 12.4. The molecule has 0 saturated carbocycles. The molecular weight excluding hydrogens is 254 g/mol. The van der Waals surface area contributed by atoms with Crippen molar-refractivity contribution in [3.8, 4) is 0 Å². The van der Waals surface area contributed by atoms with Gasteiger partial charge in [0.05, 0.1) is 11.3 Å². The Balaban J connectivity index is 2.10. The van der Waals surface area contributed by atoms with Gasteiger partial charge in [0.15, 0.2) is 0 Å². The van der Waals surface area contributed by atoms with Crippen LogP contribution in [0.15, 0.2) is 15.7 Å². The number of rotatable bonds is 3. The van der Waals surface area contributed by atoms with E-state index in [2.05, 4.69) is 23.7 Å². The van der Waals surface area contributed by atoms with E-state index in [1.165, 1.54) is 16.9 Å². The minimum absolute atomic E-state index is 0.201. The summed E-state index contributed by atoms with van der Waals surface area (Å²) in [4.78, 5) is 11.4. The maximum atomic E-state index is 11.4. The summed E-state index contributed by atoms with van der Waals surface area (Å²) < 4.78 is 6.12. The lowest BCUT2D eigenvalue weighted by Crippen LogP contribution is -2.39. The molecule has 0 aliphatic carbocycles. The minimum atomic E-state index is -0.256. The molecule has 0 bridgehead atoms. The number of methoxy groups -OCH3 is 1. The summed E-state index contributed by atoms with van der Waals surface area (Å²) in [6.07, 6.45) is 1.05. The van der Waals surface area contributed by atoms with E-state index in [-0.39, 0.29) is 18.1 Å². The number of carbonyl (C=O) groups excluding carboxylic acids is 1. The number of nitrogens with one attached hydrogen (secondary N) is 1. The van der Waals surface area contributed by atoms with Crippen LogP contribution in [-0.4, -0.2) is 24.4 Å². The molecule has 0 saturated heterocycles. The van der Waals surface area contributed by atoms with Gasteiger partial charge in [-0.1, -0.05) is 6.92 Å². The highest BCUT2D eigenvalue weighted by atomic mass is 32.2. The first-order valence-electron chi connectivity index (χ1n) is 5.69. The predicted octanol–water partition coefficient (Wildman–Crippen LogP) is 2.82. The first kappa shape index (κ1) is 12.9. The quantitative estimate of drug-likeness (QED) is 0.858. The van der Waals surface area contributed by atoms with E-state index in [0.717, 1.165) is 6.42 Å². The van der Waals surface area contributed by atoms with E-state index in [0.29, 0.717) is 5.25 Å². The first-order chi connectivity index (χ1) is 8.11. The average molecular weight is 271 g/mol. The highest BCUT2D eigenvalue weighted by molar-refractivity contribution is 8.01. The van der Waals surface area contributed by atoms with Crippen LogP contribution in [0.5, 0.6) is 0 Å². The third-order valence-electron chi connectivity index (χ3n) is 2.92. The van der Waals surface area contributed by atoms with Gasteiger partial charge in [-0.05, 0) is 30.4 Å². The van der Waals surface area contributed by atoms with Crippen molar-refractivity contribution in [1.82, 2.24) is 5.32 Å². The van der Waals surface area contributed by atoms with Crippen molar-refractivity contribution >= 4 is 29.1 Å². The number of hydrogen-bond acceptors (Lipinski definition) is 5. The molecule has 2 rings (SSSR count). The summed E-state index contributed by atoms with van der Waals surface area (Å²) in [5, 5.41) is 6.07. The second kappa shape index (κ2) is 5.42. The van der Waals surface area contributed by atoms with Gasteiger partial charge in [0, 0.05) is 11.3 Å². The molecule has 1 aromatic heterocycles. The van der Waals surface area contributed by atoms with Crippen LogP contribution in [-0.2, 0) is 9.53 Å². The lowest BCUT2D eigenvalue weighted by molar-refractivity contribution is -0.142. The van der Waals surface area contributed by atoms with Crippen molar-refractivity contribution in [2.24, 2.45) is 0 Å². The summed E-state index contributed by atoms with van der Waals surface area (Å²) in [7, 11) is 1.43. The summed E-state index contributed by atoms with van der Waals surface area (Å²) in [5.74, 6) is -0.201. The fourth-order valence-electron chi connectivity index (χ4n) is 2.05. The molecule has 3 nitrogen and oxygen atoms in total. The maximum absolute atomic E-state index is 11.4. The van der Waals surface area contributed by atoms with Crippen molar-refractivity contribution in [3.05, 3.63) is 17.0 Å². The van der Waals surface area contributed by atoms with Gasteiger partial charge >= 0.3 is 5.97 Å². The molecule has 0 radical (unpaired) electrons. The van der Waals surface area contributed by atoms with Crippen LogP contribution in [0.25, 0.3) is 0 Å². The zero-order valence-electron chi connectivity index (χ0n) is 10.2. The Bertz CT molecular complexity index is 405. The van der Waals surface area contributed by atoms with E-state index in [4.69, 9.17) is 4.74 Å². The van der Waals surface area contributed by atoms with Gasteiger partial charge in [-0.15, -0.1) is 23.1 Å². The summed E-state index contributed by atoms with van der Waals surface area (Å²) in [6.45, 7) is 4.08. The molecule has 1 N–H and O–H groups in total. The molecule has 0 amide bonds. The number of fused-ring (bicyclic) bond motifs is 1. The van der Waals surface area contributed by atoms with Crippen LogP contribution in [0.3, 0.4) is 0 Å². The van der Waals surface area contributed by atoms with Crippen LogP contribution in [0.2, 0.25) is 0 Å². The molecule has 3 atom stereocenters. The van der Waals surface area contributed by atoms with E-state index in [1.54, 1.807) is 11.3 Å². The molecule has 1 aliphatic rings. The van der Waals surface area contributed by atoms with Crippen molar-refractivity contribution in [1.29, 1.82) is 0 Å². The van der Waals surface area contributed by atoms with Gasteiger partial charge in [-0.2, -0.15) is 0 Å². The SMILES string of the molecule is COC(=O)C(C)NC1C[C@H](C)Sc2sccc21. The highest BCUT2D eigenvalue weighted by Gasteiger charge is 2.28. The van der Waals surface area contributed by atoms with Crippen LogP contribution < -0.4 is 5.32 Å². The zero-order valence-corrected chi connectivity index (χ0v) is 11.9. The van der Waals surface area contributed by atoms with E-state index < -0.39 is 0 Å². The highest BCUT2D eigenvalue weighted by Crippen LogP contribution is 2.43. The smallest absolute Gasteiger partial charge is 0.322 e. The molecule has 0 aromatic carbocycles. The molecule has 0 fully saturated rings. The Hall–Kier alpha value is -0.520. The second-order valence-electron chi connectivity index (χ2n) is 4.29. The standard InChI is InChI=1S/C12H17NO2S2/c1-7-6-10(13-8(2)11(14)15-3)9-4-5-16-12(9)17-7/h4-5,7-8,10,13H,6H2,1-3H3/t7-,8?,10?/m0/s1. The average Bonchev–Trinajstić information content (AvgIpc) is 2.75. The molecule has 2 unspecified atom stereocenters. The van der Waals surface area contributed by atoms with E-state index in [1.807, 2.05) is 18.7 Å². The molecular formula is C12H17NO2S2. The Morgan fingerprint density at radius 2 is 2.41 bits per heavy atom. The van der Waals surface area contributed by atoms with Gasteiger partial charge in [0.1, 0.15) is 6.04 Å². The fourth-order valence-corrected chi connectivity index (χ4v) is 4.62. The number of carbonyl (C=O) groups is 1. The molecule has 1 aromatic rings. The van der Waals surface area contributed by atoms with Gasteiger partial charge in [0.2, 0.25) is 0 Å². The summed E-state index contributed by atoms with van der Waals surface area (Å²) >= 11 is 3.71. The fraction of sp³-hybridized carbons (Fsp3) is 0.583. The number of ether oxygens (including phenoxy) is 1. The molecule has 17 heavy (non-hydrogen) atoms. The van der Waals surface area contributed by atoms with Gasteiger partial charge in [-0.25, -0.2) is 0 Å². The molecule has 1 aliphatic heterocycles. The number of thiophene rings is 1. The van der Waals surface area contributed by atoms with Gasteiger partial charge in [0.25, 0.3) is 0 Å². The van der Waals surface area contributed by atoms with E-state index in [9.17, 15) is 4.79 Å². The first-order valence-corrected chi connectivity index (χ1v) is 7.45. The van der Waals surface area contributed by atoms with Crippen molar-refractivity contribution in [2.45, 2.75) is 41.8 Å². The largest absolute Gasteiger partial charge is 0.468 e. The third-order valence-corrected chi connectivity index (χ3v) is 5.26. The van der Waals surface area contributed by atoms with Crippen LogP contribution in [0.4, 0.5) is 0 Å². The minimum Gasteiger partial charge on any atom is -0.468 e. The Labute approximate surface area is 110 Å². The van der Waals surface area contributed by atoms with Crippen molar-refractivity contribution in [3.63, 3.8) is 0 Å². The van der Waals surface area contributed by atoms with Crippen LogP contribution >= 0.6 is 23.1 Å². The third kappa shape index (κ3) is 2.84. The predicted molar refractivity (Wildman–Crippen MR) is 71.6 cm³/mol. The van der Waals surface area contributed by atoms with Crippen LogP contribution in [0.1, 0.15) is 31.9 Å². The molecule has 0 spiro atoms. The summed E-state index contributed by atoms with van der Waals surface area (Å²) in [6, 6.07) is 2.16. The maximum Gasteiger partial charge on any atom is 0.322 e. The summed E-state index contributed by atoms with van der Waals surface area (Å²) in [5.41, 5.74) is 1.33. The van der Waals surface area contributed by atoms with Crippen molar-refractivity contribution < 1.29 is 9.53 Å². The number of esters is 1. The molecule has 2 heterocycles. The topological polar surface area (TPSA) is 38.3 Å². The Morgan fingerprint density at radius 3 is 3.12 bits per heavy atom.